The first kappa shape index (κ1) is 12.4. The van der Waals surface area contributed by atoms with Gasteiger partial charge in [-0.25, -0.2) is 4.39 Å². The van der Waals surface area contributed by atoms with Crippen LogP contribution in [0.5, 0.6) is 0 Å². The minimum absolute atomic E-state index is 0.112. The summed E-state index contributed by atoms with van der Waals surface area (Å²) in [6.07, 6.45) is 4.63. The number of carbonyl (C=O) groups excluding carboxylic acids is 1. The van der Waals surface area contributed by atoms with E-state index in [-0.39, 0.29) is 11.5 Å². The Morgan fingerprint density at radius 2 is 2.25 bits per heavy atom. The second kappa shape index (κ2) is 6.05. The Hall–Kier alpha value is -1.64. The van der Waals surface area contributed by atoms with E-state index in [2.05, 4.69) is 5.32 Å². The van der Waals surface area contributed by atoms with Crippen LogP contribution in [0, 0.1) is 12.7 Å². The van der Waals surface area contributed by atoms with Crippen LogP contribution in [0.25, 0.3) is 0 Å². The first-order valence-electron chi connectivity index (χ1n) is 5.31. The lowest BCUT2D eigenvalue weighted by molar-refractivity contribution is 0.0950. The molecule has 0 radical (unpaired) electrons. The van der Waals surface area contributed by atoms with Crippen molar-refractivity contribution in [1.82, 2.24) is 5.32 Å². The van der Waals surface area contributed by atoms with E-state index in [0.717, 1.165) is 6.42 Å². The van der Waals surface area contributed by atoms with Gasteiger partial charge in [0.1, 0.15) is 5.82 Å². The predicted molar refractivity (Wildman–Crippen MR) is 62.9 cm³/mol. The van der Waals surface area contributed by atoms with E-state index in [1.165, 1.54) is 6.07 Å². The molecule has 0 saturated carbocycles. The van der Waals surface area contributed by atoms with Gasteiger partial charge in [-0.2, -0.15) is 0 Å². The van der Waals surface area contributed by atoms with Gasteiger partial charge in [0.2, 0.25) is 0 Å². The average Bonchev–Trinajstić information content (AvgIpc) is 2.28. The summed E-state index contributed by atoms with van der Waals surface area (Å²) < 4.78 is 13.6. The van der Waals surface area contributed by atoms with Crippen LogP contribution in [0.15, 0.2) is 30.4 Å². The zero-order valence-corrected chi connectivity index (χ0v) is 9.59. The summed E-state index contributed by atoms with van der Waals surface area (Å²) in [5.74, 6) is -0.795. The number of halogens is 1. The summed E-state index contributed by atoms with van der Waals surface area (Å²) in [6, 6.07) is 4.82. The number of aryl methyl sites for hydroxylation is 1. The molecule has 0 atom stereocenters. The van der Waals surface area contributed by atoms with Crippen LogP contribution >= 0.6 is 0 Å². The van der Waals surface area contributed by atoms with Crippen LogP contribution in [-0.4, -0.2) is 12.5 Å². The van der Waals surface area contributed by atoms with Crippen LogP contribution in [0.3, 0.4) is 0 Å². The molecule has 0 aliphatic rings. The molecule has 1 N–H and O–H groups in total. The van der Waals surface area contributed by atoms with Gasteiger partial charge >= 0.3 is 0 Å². The Kier molecular flexibility index (Phi) is 4.70. The van der Waals surface area contributed by atoms with Gasteiger partial charge < -0.3 is 5.32 Å². The molecule has 0 aromatic heterocycles. The smallest absolute Gasteiger partial charge is 0.254 e. The number of hydrogen-bond donors (Lipinski definition) is 1. The molecule has 1 aromatic rings. The van der Waals surface area contributed by atoms with E-state index >= 15 is 0 Å². The molecular formula is C13H16FNO. The van der Waals surface area contributed by atoms with Crippen LogP contribution < -0.4 is 5.32 Å². The van der Waals surface area contributed by atoms with Crippen molar-refractivity contribution in [3.63, 3.8) is 0 Å². The van der Waals surface area contributed by atoms with Crippen molar-refractivity contribution in [2.45, 2.75) is 20.3 Å². The molecule has 16 heavy (non-hydrogen) atoms. The van der Waals surface area contributed by atoms with E-state index in [1.807, 2.05) is 19.1 Å². The topological polar surface area (TPSA) is 29.1 Å². The SMILES string of the molecule is C/C=C/CCNC(=O)c1cccc(C)c1F. The number of hydrogen-bond acceptors (Lipinski definition) is 1. The summed E-state index contributed by atoms with van der Waals surface area (Å²) in [5.41, 5.74) is 0.599. The highest BCUT2D eigenvalue weighted by atomic mass is 19.1. The number of allylic oxidation sites excluding steroid dienone is 1. The fraction of sp³-hybridized carbons (Fsp3) is 0.308. The third-order valence-electron chi connectivity index (χ3n) is 2.27. The zero-order chi connectivity index (χ0) is 12.0. The lowest BCUT2D eigenvalue weighted by atomic mass is 10.1. The summed E-state index contributed by atoms with van der Waals surface area (Å²) in [6.45, 7) is 4.09. The summed E-state index contributed by atoms with van der Waals surface area (Å²) in [7, 11) is 0. The van der Waals surface area contributed by atoms with E-state index in [0.29, 0.717) is 12.1 Å². The highest BCUT2D eigenvalue weighted by Crippen LogP contribution is 2.11. The standard InChI is InChI=1S/C13H16FNO/c1-3-4-5-9-15-13(16)11-8-6-7-10(2)12(11)14/h3-4,6-8H,5,9H2,1-2H3,(H,15,16)/b4-3+. The van der Waals surface area contributed by atoms with Crippen LogP contribution in [0.4, 0.5) is 4.39 Å². The second-order valence-electron chi connectivity index (χ2n) is 3.55. The molecule has 2 nitrogen and oxygen atoms in total. The van der Waals surface area contributed by atoms with Gasteiger partial charge in [0.25, 0.3) is 5.91 Å². The number of amides is 1. The molecule has 1 amide bonds. The molecule has 0 heterocycles. The normalized spacial score (nSPS) is 10.7. The minimum atomic E-state index is -0.439. The molecule has 86 valence electrons. The van der Waals surface area contributed by atoms with Crippen molar-refractivity contribution in [1.29, 1.82) is 0 Å². The van der Waals surface area contributed by atoms with Gasteiger partial charge in [0.15, 0.2) is 0 Å². The fourth-order valence-electron chi connectivity index (χ4n) is 1.35. The first-order chi connectivity index (χ1) is 7.66. The van der Waals surface area contributed by atoms with Crippen LogP contribution in [0.1, 0.15) is 29.3 Å². The zero-order valence-electron chi connectivity index (χ0n) is 9.59. The molecule has 3 heteroatoms. The van der Waals surface area contributed by atoms with Crippen molar-refractivity contribution in [2.24, 2.45) is 0 Å². The van der Waals surface area contributed by atoms with Crippen molar-refractivity contribution in [2.75, 3.05) is 6.54 Å². The van der Waals surface area contributed by atoms with E-state index in [9.17, 15) is 9.18 Å². The fourth-order valence-corrected chi connectivity index (χ4v) is 1.35. The summed E-state index contributed by atoms with van der Waals surface area (Å²) >= 11 is 0. The maximum Gasteiger partial charge on any atom is 0.254 e. The summed E-state index contributed by atoms with van der Waals surface area (Å²) in [5, 5.41) is 2.67. The van der Waals surface area contributed by atoms with E-state index in [4.69, 9.17) is 0 Å². The Bertz CT molecular complexity index is 399. The molecular weight excluding hydrogens is 205 g/mol. The second-order valence-corrected chi connectivity index (χ2v) is 3.55. The Balaban J connectivity index is 2.63. The predicted octanol–water partition coefficient (Wildman–Crippen LogP) is 2.83. The number of benzene rings is 1. The number of nitrogens with one attached hydrogen (secondary N) is 1. The van der Waals surface area contributed by atoms with Crippen LogP contribution in [0.2, 0.25) is 0 Å². The minimum Gasteiger partial charge on any atom is -0.352 e. The monoisotopic (exact) mass is 221 g/mol. The Labute approximate surface area is 95.2 Å². The maximum atomic E-state index is 13.6. The number of carbonyl (C=O) groups is 1. The Morgan fingerprint density at radius 1 is 1.50 bits per heavy atom. The molecule has 1 aromatic carbocycles. The molecule has 0 fully saturated rings. The molecule has 1 rings (SSSR count). The lowest BCUT2D eigenvalue weighted by Crippen LogP contribution is -2.25. The lowest BCUT2D eigenvalue weighted by Gasteiger charge is -2.06. The van der Waals surface area contributed by atoms with Gasteiger partial charge in [-0.15, -0.1) is 0 Å². The highest BCUT2D eigenvalue weighted by molar-refractivity contribution is 5.94. The maximum absolute atomic E-state index is 13.6. The van der Waals surface area contributed by atoms with Gasteiger partial charge in [-0.1, -0.05) is 24.3 Å². The van der Waals surface area contributed by atoms with E-state index in [1.54, 1.807) is 19.1 Å². The van der Waals surface area contributed by atoms with Crippen molar-refractivity contribution in [3.05, 3.63) is 47.3 Å². The van der Waals surface area contributed by atoms with Gasteiger partial charge in [-0.05, 0) is 31.9 Å². The van der Waals surface area contributed by atoms with Gasteiger partial charge in [-0.3, -0.25) is 4.79 Å². The molecule has 0 bridgehead atoms. The van der Waals surface area contributed by atoms with Gasteiger partial charge in [0, 0.05) is 6.54 Å². The van der Waals surface area contributed by atoms with Crippen molar-refractivity contribution < 1.29 is 9.18 Å². The van der Waals surface area contributed by atoms with Crippen molar-refractivity contribution >= 4 is 5.91 Å². The third-order valence-corrected chi connectivity index (χ3v) is 2.27. The van der Waals surface area contributed by atoms with Crippen molar-refractivity contribution in [3.8, 4) is 0 Å². The Morgan fingerprint density at radius 3 is 2.94 bits per heavy atom. The highest BCUT2D eigenvalue weighted by Gasteiger charge is 2.11. The van der Waals surface area contributed by atoms with Crippen LogP contribution in [-0.2, 0) is 0 Å². The molecule has 0 aliphatic carbocycles. The molecule has 0 unspecified atom stereocenters. The van der Waals surface area contributed by atoms with Gasteiger partial charge in [0.05, 0.1) is 5.56 Å². The molecule has 0 aliphatic heterocycles. The quantitative estimate of drug-likeness (QED) is 0.614. The summed E-state index contributed by atoms with van der Waals surface area (Å²) in [4.78, 5) is 11.6. The van der Waals surface area contributed by atoms with E-state index < -0.39 is 5.82 Å². The largest absolute Gasteiger partial charge is 0.352 e. The first-order valence-corrected chi connectivity index (χ1v) is 5.31. The average molecular weight is 221 g/mol. The third kappa shape index (κ3) is 3.19. The number of rotatable bonds is 4. The molecule has 0 saturated heterocycles. The molecule has 0 spiro atoms.